The number of nitrogens with two attached hydrogens (primary N) is 1. The molecule has 0 unspecified atom stereocenters. The second-order valence-corrected chi connectivity index (χ2v) is 6.51. The summed E-state index contributed by atoms with van der Waals surface area (Å²) in [6.07, 6.45) is 8.22. The van der Waals surface area contributed by atoms with Crippen molar-refractivity contribution in [1.82, 2.24) is 10.2 Å². The number of amidine groups is 1. The van der Waals surface area contributed by atoms with Crippen LogP contribution in [0.2, 0.25) is 0 Å². The van der Waals surface area contributed by atoms with Crippen LogP contribution in [0, 0.1) is 11.3 Å². The molecule has 20 heavy (non-hydrogen) atoms. The molecule has 1 saturated heterocycles. The quantitative estimate of drug-likeness (QED) is 0.536. The number of hydrogen-bond acceptors (Lipinski definition) is 2. The molecule has 0 aromatic rings. The third-order valence-electron chi connectivity index (χ3n) is 4.88. The van der Waals surface area contributed by atoms with Crippen LogP contribution in [-0.4, -0.2) is 35.4 Å². The maximum absolute atomic E-state index is 12.5. The molecule has 2 aliphatic rings. The summed E-state index contributed by atoms with van der Waals surface area (Å²) in [5.74, 6) is 0.783. The van der Waals surface area contributed by atoms with Gasteiger partial charge in [-0.2, -0.15) is 0 Å². The maximum atomic E-state index is 12.5. The Balaban J connectivity index is 2.00. The Labute approximate surface area is 121 Å². The van der Waals surface area contributed by atoms with E-state index in [1.54, 1.807) is 0 Å². The lowest BCUT2D eigenvalue weighted by atomic mass is 9.76. The highest BCUT2D eigenvalue weighted by Crippen LogP contribution is 2.32. The van der Waals surface area contributed by atoms with E-state index in [0.29, 0.717) is 5.92 Å². The van der Waals surface area contributed by atoms with Crippen LogP contribution < -0.4 is 11.1 Å². The molecule has 1 aliphatic carbocycles. The topological polar surface area (TPSA) is 82.2 Å². The normalized spacial score (nSPS) is 31.4. The van der Waals surface area contributed by atoms with Gasteiger partial charge in [-0.25, -0.2) is 4.79 Å². The average Bonchev–Trinajstić information content (AvgIpc) is 2.70. The van der Waals surface area contributed by atoms with E-state index in [1.165, 1.54) is 12.8 Å². The number of rotatable bonds is 2. The molecule has 2 amide bonds. The molecule has 0 atom stereocenters. The first kappa shape index (κ1) is 15.1. The van der Waals surface area contributed by atoms with E-state index in [9.17, 15) is 4.79 Å². The highest BCUT2D eigenvalue weighted by atomic mass is 16.2. The molecule has 2 rings (SSSR count). The van der Waals surface area contributed by atoms with Crippen molar-refractivity contribution in [2.75, 3.05) is 13.1 Å². The van der Waals surface area contributed by atoms with Crippen molar-refractivity contribution in [2.24, 2.45) is 11.7 Å². The Morgan fingerprint density at radius 2 is 1.75 bits per heavy atom. The lowest BCUT2D eigenvalue weighted by Crippen LogP contribution is -2.61. The third-order valence-corrected chi connectivity index (χ3v) is 4.88. The van der Waals surface area contributed by atoms with Crippen LogP contribution in [0.25, 0.3) is 0 Å². The van der Waals surface area contributed by atoms with E-state index < -0.39 is 5.54 Å². The van der Waals surface area contributed by atoms with Gasteiger partial charge in [0.15, 0.2) is 0 Å². The zero-order chi connectivity index (χ0) is 14.6. The van der Waals surface area contributed by atoms with Crippen LogP contribution in [0.5, 0.6) is 0 Å². The van der Waals surface area contributed by atoms with Crippen LogP contribution >= 0.6 is 0 Å². The van der Waals surface area contributed by atoms with Gasteiger partial charge in [0, 0.05) is 13.1 Å². The first-order valence-corrected chi connectivity index (χ1v) is 7.95. The van der Waals surface area contributed by atoms with E-state index in [1.807, 2.05) is 4.90 Å². The van der Waals surface area contributed by atoms with Crippen molar-refractivity contribution in [1.29, 1.82) is 5.41 Å². The minimum atomic E-state index is -0.601. The summed E-state index contributed by atoms with van der Waals surface area (Å²) in [6.45, 7) is 3.88. The van der Waals surface area contributed by atoms with E-state index in [4.69, 9.17) is 11.1 Å². The molecule has 4 N–H and O–H groups in total. The number of nitrogens with zero attached hydrogens (tertiary/aromatic N) is 1. The van der Waals surface area contributed by atoms with Gasteiger partial charge in [0.05, 0.1) is 5.54 Å². The van der Waals surface area contributed by atoms with Gasteiger partial charge in [-0.05, 0) is 44.4 Å². The molecule has 114 valence electrons. The zero-order valence-electron chi connectivity index (χ0n) is 12.6. The number of hydrogen-bond donors (Lipinski definition) is 3. The third kappa shape index (κ3) is 3.44. The summed E-state index contributed by atoms with van der Waals surface area (Å²) in [7, 11) is 0. The van der Waals surface area contributed by atoms with Crippen molar-refractivity contribution in [3.05, 3.63) is 0 Å². The summed E-state index contributed by atoms with van der Waals surface area (Å²) in [5, 5.41) is 11.0. The number of likely N-dealkylation sites (tertiary alicyclic amines) is 1. The first-order valence-electron chi connectivity index (χ1n) is 7.95. The highest BCUT2D eigenvalue weighted by Gasteiger charge is 2.39. The first-order chi connectivity index (χ1) is 9.53. The summed E-state index contributed by atoms with van der Waals surface area (Å²) in [4.78, 5) is 14.4. The maximum Gasteiger partial charge on any atom is 0.318 e. The summed E-state index contributed by atoms with van der Waals surface area (Å²) >= 11 is 0. The molecular weight excluding hydrogens is 252 g/mol. The fourth-order valence-electron chi connectivity index (χ4n) is 3.27. The Morgan fingerprint density at radius 3 is 2.25 bits per heavy atom. The molecule has 0 aromatic carbocycles. The number of carbonyl (C=O) groups excluding carboxylic acids is 1. The van der Waals surface area contributed by atoms with Crippen molar-refractivity contribution in [2.45, 2.75) is 63.8 Å². The Kier molecular flexibility index (Phi) is 4.89. The number of carbonyl (C=O) groups is 1. The molecule has 0 bridgehead atoms. The Hall–Kier alpha value is -1.26. The zero-order valence-corrected chi connectivity index (χ0v) is 12.6. The van der Waals surface area contributed by atoms with Gasteiger partial charge in [0.2, 0.25) is 0 Å². The molecule has 1 heterocycles. The van der Waals surface area contributed by atoms with Crippen LogP contribution in [-0.2, 0) is 0 Å². The Morgan fingerprint density at radius 1 is 1.20 bits per heavy atom. The van der Waals surface area contributed by atoms with Crippen molar-refractivity contribution in [3.8, 4) is 0 Å². The van der Waals surface area contributed by atoms with Gasteiger partial charge in [0.1, 0.15) is 5.84 Å². The van der Waals surface area contributed by atoms with Crippen molar-refractivity contribution in [3.63, 3.8) is 0 Å². The second kappa shape index (κ2) is 6.46. The minimum Gasteiger partial charge on any atom is -0.386 e. The average molecular weight is 280 g/mol. The van der Waals surface area contributed by atoms with Crippen molar-refractivity contribution >= 4 is 11.9 Å². The Bertz CT molecular complexity index is 353. The van der Waals surface area contributed by atoms with Gasteiger partial charge in [-0.15, -0.1) is 0 Å². The predicted octanol–water partition coefficient (Wildman–Crippen LogP) is 2.46. The number of nitrogens with one attached hydrogen (secondary N) is 2. The molecule has 5 heteroatoms. The smallest absolute Gasteiger partial charge is 0.318 e. The standard InChI is InChI=1S/C15H28N4O/c1-12-6-8-15(9-7-12,13(16)17)18-14(20)19-10-4-2-3-5-11-19/h12H,2-11H2,1H3,(H3,16,17)(H,18,20). The van der Waals surface area contributed by atoms with E-state index in [2.05, 4.69) is 12.2 Å². The molecule has 1 aliphatic heterocycles. The molecular formula is C15H28N4O. The van der Waals surface area contributed by atoms with E-state index in [0.717, 1.165) is 51.6 Å². The van der Waals surface area contributed by atoms with Crippen LogP contribution in [0.1, 0.15) is 58.3 Å². The number of amides is 2. The lowest BCUT2D eigenvalue weighted by Gasteiger charge is -2.40. The fourth-order valence-corrected chi connectivity index (χ4v) is 3.27. The number of urea groups is 1. The molecule has 0 radical (unpaired) electrons. The minimum absolute atomic E-state index is 0.0309. The highest BCUT2D eigenvalue weighted by molar-refractivity contribution is 5.91. The second-order valence-electron chi connectivity index (χ2n) is 6.51. The summed E-state index contributed by atoms with van der Waals surface area (Å²) in [6, 6.07) is -0.0309. The fraction of sp³-hybridized carbons (Fsp3) is 0.867. The summed E-state index contributed by atoms with van der Waals surface area (Å²) < 4.78 is 0. The predicted molar refractivity (Wildman–Crippen MR) is 80.8 cm³/mol. The van der Waals surface area contributed by atoms with Crippen LogP contribution in [0.4, 0.5) is 4.79 Å². The SMILES string of the molecule is CC1CCC(NC(=O)N2CCCCCC2)(C(=N)N)CC1. The molecule has 0 aromatic heterocycles. The molecule has 1 saturated carbocycles. The lowest BCUT2D eigenvalue weighted by molar-refractivity contribution is 0.179. The summed E-state index contributed by atoms with van der Waals surface area (Å²) in [5.41, 5.74) is 5.21. The van der Waals surface area contributed by atoms with Gasteiger partial charge in [0.25, 0.3) is 0 Å². The van der Waals surface area contributed by atoms with Gasteiger partial charge in [-0.1, -0.05) is 19.8 Å². The van der Waals surface area contributed by atoms with Gasteiger partial charge in [-0.3, -0.25) is 5.41 Å². The van der Waals surface area contributed by atoms with Crippen molar-refractivity contribution < 1.29 is 4.79 Å². The van der Waals surface area contributed by atoms with Gasteiger partial charge >= 0.3 is 6.03 Å². The molecule has 2 fully saturated rings. The largest absolute Gasteiger partial charge is 0.386 e. The van der Waals surface area contributed by atoms with E-state index >= 15 is 0 Å². The molecule has 0 spiro atoms. The van der Waals surface area contributed by atoms with Crippen LogP contribution in [0.15, 0.2) is 0 Å². The van der Waals surface area contributed by atoms with Crippen LogP contribution in [0.3, 0.4) is 0 Å². The van der Waals surface area contributed by atoms with Gasteiger partial charge < -0.3 is 16.0 Å². The monoisotopic (exact) mass is 280 g/mol. The molecule has 5 nitrogen and oxygen atoms in total. The van der Waals surface area contributed by atoms with E-state index in [-0.39, 0.29) is 11.9 Å².